The predicted molar refractivity (Wildman–Crippen MR) is 131 cm³/mol. The summed E-state index contributed by atoms with van der Waals surface area (Å²) in [6.07, 6.45) is 0.482. The van der Waals surface area contributed by atoms with Gasteiger partial charge in [0.1, 0.15) is 0 Å². The maximum Gasteiger partial charge on any atom is 0.290 e. The molecule has 0 bridgehead atoms. The van der Waals surface area contributed by atoms with Crippen LogP contribution in [0.5, 0.6) is 0 Å². The van der Waals surface area contributed by atoms with Gasteiger partial charge in [-0.3, -0.25) is 30.0 Å². The molecule has 0 aliphatic carbocycles. The van der Waals surface area contributed by atoms with Gasteiger partial charge in [-0.1, -0.05) is 48.5 Å². The molecule has 0 fully saturated rings. The zero-order valence-corrected chi connectivity index (χ0v) is 19.5. The number of rotatable bonds is 6. The second-order valence-corrected chi connectivity index (χ2v) is 8.42. The average Bonchev–Trinajstić information content (AvgIpc) is 3.37. The molecule has 2 aromatic carbocycles. The van der Waals surface area contributed by atoms with E-state index in [2.05, 4.69) is 21.1 Å². The van der Waals surface area contributed by atoms with Crippen LogP contribution in [0.15, 0.2) is 64.5 Å². The second kappa shape index (κ2) is 10.3. The fourth-order valence-corrected chi connectivity index (χ4v) is 3.79. The van der Waals surface area contributed by atoms with E-state index in [1.165, 1.54) is 9.69 Å². The Bertz CT molecular complexity index is 1360. The second-order valence-electron chi connectivity index (χ2n) is 8.42. The van der Waals surface area contributed by atoms with Crippen LogP contribution < -0.4 is 16.4 Å². The lowest BCUT2D eigenvalue weighted by molar-refractivity contribution is -0.133. The number of hydrazone groups is 1. The Morgan fingerprint density at radius 2 is 1.63 bits per heavy atom. The topological polar surface area (TPSA) is 126 Å². The highest BCUT2D eigenvalue weighted by molar-refractivity contribution is 6.05. The van der Waals surface area contributed by atoms with Crippen molar-refractivity contribution in [3.8, 4) is 0 Å². The van der Waals surface area contributed by atoms with Crippen molar-refractivity contribution in [2.75, 3.05) is 6.54 Å². The van der Waals surface area contributed by atoms with Crippen LogP contribution in [0.4, 0.5) is 0 Å². The molecule has 10 nitrogen and oxygen atoms in total. The van der Waals surface area contributed by atoms with Gasteiger partial charge in [-0.05, 0) is 25.5 Å². The van der Waals surface area contributed by atoms with E-state index in [4.69, 9.17) is 0 Å². The summed E-state index contributed by atoms with van der Waals surface area (Å²) >= 11 is 0. The first-order valence-corrected chi connectivity index (χ1v) is 11.4. The monoisotopic (exact) mass is 474 g/mol. The number of aromatic nitrogens is 2. The molecular weight excluding hydrogens is 448 g/mol. The number of hydrazine groups is 1. The zero-order chi connectivity index (χ0) is 24.9. The van der Waals surface area contributed by atoms with Crippen LogP contribution in [0.1, 0.15) is 55.2 Å². The Hall–Kier alpha value is -4.34. The number of hydrogen-bond donors (Lipinski definition) is 2. The fourth-order valence-electron chi connectivity index (χ4n) is 3.79. The summed E-state index contributed by atoms with van der Waals surface area (Å²) < 4.78 is 1.23. The van der Waals surface area contributed by atoms with E-state index in [-0.39, 0.29) is 36.0 Å². The predicted octanol–water partition coefficient (Wildman–Crippen LogP) is 2.16. The molecule has 2 N–H and O–H groups in total. The van der Waals surface area contributed by atoms with E-state index < -0.39 is 11.8 Å². The Labute approximate surface area is 201 Å². The van der Waals surface area contributed by atoms with Gasteiger partial charge in [0.25, 0.3) is 11.5 Å². The van der Waals surface area contributed by atoms with Gasteiger partial charge >= 0.3 is 0 Å². The molecule has 1 aliphatic heterocycles. The minimum Gasteiger partial charge on any atom is -0.273 e. The van der Waals surface area contributed by atoms with Crippen LogP contribution >= 0.6 is 0 Å². The molecule has 0 radical (unpaired) electrons. The van der Waals surface area contributed by atoms with Gasteiger partial charge in [-0.2, -0.15) is 10.2 Å². The first-order chi connectivity index (χ1) is 16.8. The standard InChI is InChI=1S/C25H26N6O4/c1-16(2)31-25(35)19-11-7-6-10-18(19)23(29-31)24(34)27-26-21(32)12-13-22(33)30-15-14-20(28-30)17-8-4-3-5-9-17/h3-11,16H,12-15H2,1-2H3,(H,26,32)(H,27,34). The maximum absolute atomic E-state index is 12.8. The molecule has 3 amide bonds. The maximum atomic E-state index is 12.8. The van der Waals surface area contributed by atoms with E-state index in [1.54, 1.807) is 38.1 Å². The van der Waals surface area contributed by atoms with Crippen LogP contribution in [0.3, 0.4) is 0 Å². The third-order valence-electron chi connectivity index (χ3n) is 5.61. The van der Waals surface area contributed by atoms with Gasteiger partial charge in [-0.25, -0.2) is 9.69 Å². The quantitative estimate of drug-likeness (QED) is 0.530. The van der Waals surface area contributed by atoms with E-state index >= 15 is 0 Å². The van der Waals surface area contributed by atoms with Gasteiger partial charge in [0.2, 0.25) is 11.8 Å². The van der Waals surface area contributed by atoms with Crippen LogP contribution in [0.2, 0.25) is 0 Å². The lowest BCUT2D eigenvalue weighted by Crippen LogP contribution is -2.43. The summed E-state index contributed by atoms with van der Waals surface area (Å²) in [7, 11) is 0. The lowest BCUT2D eigenvalue weighted by Gasteiger charge is -2.14. The smallest absolute Gasteiger partial charge is 0.273 e. The van der Waals surface area contributed by atoms with Crippen molar-refractivity contribution in [1.82, 2.24) is 25.6 Å². The molecule has 4 rings (SSSR count). The summed E-state index contributed by atoms with van der Waals surface area (Å²) in [6.45, 7) is 4.04. The number of nitrogens with zero attached hydrogens (tertiary/aromatic N) is 4. The summed E-state index contributed by atoms with van der Waals surface area (Å²) in [5, 5.41) is 10.7. The first kappa shape index (κ1) is 23.8. The van der Waals surface area contributed by atoms with E-state index in [0.717, 1.165) is 11.3 Å². The highest BCUT2D eigenvalue weighted by atomic mass is 16.2. The average molecular weight is 475 g/mol. The summed E-state index contributed by atoms with van der Waals surface area (Å²) in [5.74, 6) is -1.46. The van der Waals surface area contributed by atoms with Crippen molar-refractivity contribution in [2.24, 2.45) is 5.10 Å². The molecule has 1 aromatic heterocycles. The third-order valence-corrected chi connectivity index (χ3v) is 5.61. The Morgan fingerprint density at radius 1 is 0.943 bits per heavy atom. The lowest BCUT2D eigenvalue weighted by atomic mass is 10.1. The molecule has 0 saturated heterocycles. The largest absolute Gasteiger partial charge is 0.290 e. The van der Waals surface area contributed by atoms with Crippen molar-refractivity contribution in [3.63, 3.8) is 0 Å². The molecule has 0 spiro atoms. The van der Waals surface area contributed by atoms with Crippen molar-refractivity contribution in [1.29, 1.82) is 0 Å². The molecule has 10 heteroatoms. The highest BCUT2D eigenvalue weighted by Gasteiger charge is 2.22. The minimum atomic E-state index is -0.660. The highest BCUT2D eigenvalue weighted by Crippen LogP contribution is 2.16. The molecule has 2 heterocycles. The molecule has 35 heavy (non-hydrogen) atoms. The Morgan fingerprint density at radius 3 is 2.34 bits per heavy atom. The number of benzene rings is 2. The van der Waals surface area contributed by atoms with Gasteiger partial charge in [0.05, 0.1) is 23.7 Å². The molecule has 0 unspecified atom stereocenters. The zero-order valence-electron chi connectivity index (χ0n) is 19.5. The summed E-state index contributed by atoms with van der Waals surface area (Å²) in [4.78, 5) is 50.1. The number of hydrogen-bond acceptors (Lipinski definition) is 6. The Balaban J connectivity index is 1.35. The van der Waals surface area contributed by atoms with Crippen LogP contribution in [-0.4, -0.2) is 44.8 Å². The molecule has 3 aromatic rings. The number of nitrogens with one attached hydrogen (secondary N) is 2. The van der Waals surface area contributed by atoms with E-state index in [0.29, 0.717) is 23.7 Å². The molecule has 1 aliphatic rings. The van der Waals surface area contributed by atoms with Crippen LogP contribution in [0.25, 0.3) is 10.8 Å². The first-order valence-electron chi connectivity index (χ1n) is 11.4. The van der Waals surface area contributed by atoms with E-state index in [1.807, 2.05) is 30.3 Å². The fraction of sp³-hybridized carbons (Fsp3) is 0.280. The number of amides is 3. The van der Waals surface area contributed by atoms with Crippen molar-refractivity contribution < 1.29 is 14.4 Å². The van der Waals surface area contributed by atoms with Crippen LogP contribution in [0, 0.1) is 0 Å². The molecular formula is C25H26N6O4. The summed E-state index contributed by atoms with van der Waals surface area (Å²) in [5.41, 5.74) is 6.17. The van der Waals surface area contributed by atoms with Gasteiger partial charge in [0, 0.05) is 24.6 Å². The number of fused-ring (bicyclic) bond motifs is 1. The van der Waals surface area contributed by atoms with E-state index in [9.17, 15) is 19.2 Å². The van der Waals surface area contributed by atoms with Crippen molar-refractivity contribution >= 4 is 34.2 Å². The number of carbonyl (C=O) groups is 3. The van der Waals surface area contributed by atoms with Gasteiger partial charge in [-0.15, -0.1) is 0 Å². The molecule has 180 valence electrons. The SMILES string of the molecule is CC(C)n1nc(C(=O)NNC(=O)CCC(=O)N2CCC(c3ccccc3)=N2)c2ccccc2c1=O. The number of carbonyl (C=O) groups excluding carboxylic acids is 3. The molecule has 0 atom stereocenters. The Kier molecular flexibility index (Phi) is 7.00. The minimum absolute atomic E-state index is 0.0186. The summed E-state index contributed by atoms with van der Waals surface area (Å²) in [6, 6.07) is 16.0. The van der Waals surface area contributed by atoms with Crippen molar-refractivity contribution in [2.45, 2.75) is 39.2 Å². The van der Waals surface area contributed by atoms with Crippen LogP contribution in [-0.2, 0) is 9.59 Å². The molecule has 0 saturated carbocycles. The van der Waals surface area contributed by atoms with Crippen molar-refractivity contribution in [3.05, 3.63) is 76.2 Å². The van der Waals surface area contributed by atoms with Gasteiger partial charge < -0.3 is 0 Å². The third kappa shape index (κ3) is 5.26. The van der Waals surface area contributed by atoms with Gasteiger partial charge in [0.15, 0.2) is 5.69 Å². The normalized spacial score (nSPS) is 13.1.